The molecule has 0 aromatic heterocycles. The second-order valence-electron chi connectivity index (χ2n) is 4.53. The van der Waals surface area contributed by atoms with E-state index < -0.39 is 10.2 Å². The monoisotopic (exact) mass is 303 g/mol. The molecule has 1 fully saturated rings. The largest absolute Gasteiger partial charge is 0.369 e. The van der Waals surface area contributed by atoms with Crippen molar-refractivity contribution in [1.82, 2.24) is 9.03 Å². The molecule has 1 aromatic carbocycles. The third-order valence-electron chi connectivity index (χ3n) is 3.34. The fraction of sp³-hybridized carbons (Fsp3) is 0.500. The third-order valence-corrected chi connectivity index (χ3v) is 5.13. The molecule has 1 heterocycles. The minimum absolute atomic E-state index is 0.491. The molecule has 106 valence electrons. The van der Waals surface area contributed by atoms with Crippen LogP contribution in [0.25, 0.3) is 0 Å². The van der Waals surface area contributed by atoms with E-state index in [9.17, 15) is 8.42 Å². The molecule has 0 spiro atoms. The van der Waals surface area contributed by atoms with Crippen molar-refractivity contribution in [3.05, 3.63) is 28.8 Å². The van der Waals surface area contributed by atoms with Gasteiger partial charge >= 0.3 is 0 Å². The lowest BCUT2D eigenvalue weighted by Crippen LogP contribution is -2.51. The van der Waals surface area contributed by atoms with Crippen molar-refractivity contribution in [3.8, 4) is 0 Å². The van der Waals surface area contributed by atoms with Crippen molar-refractivity contribution in [1.29, 1.82) is 0 Å². The van der Waals surface area contributed by atoms with Crippen LogP contribution >= 0.6 is 11.6 Å². The van der Waals surface area contributed by atoms with Crippen LogP contribution in [0.5, 0.6) is 0 Å². The normalized spacial score (nSPS) is 17.7. The number of hydrogen-bond acceptors (Lipinski definition) is 3. The fourth-order valence-corrected chi connectivity index (χ4v) is 3.40. The molecule has 0 saturated carbocycles. The summed E-state index contributed by atoms with van der Waals surface area (Å²) >= 11 is 5.94. The second kappa shape index (κ2) is 5.66. The Labute approximate surface area is 119 Å². The smallest absolute Gasteiger partial charge is 0.279 e. The van der Waals surface area contributed by atoms with Gasteiger partial charge in [-0.2, -0.15) is 12.7 Å². The van der Waals surface area contributed by atoms with Gasteiger partial charge in [0.2, 0.25) is 0 Å². The van der Waals surface area contributed by atoms with Crippen molar-refractivity contribution in [2.75, 3.05) is 38.1 Å². The molecule has 1 aliphatic rings. The molecule has 1 N–H and O–H groups in total. The van der Waals surface area contributed by atoms with Gasteiger partial charge in [-0.3, -0.25) is 0 Å². The lowest BCUT2D eigenvalue weighted by molar-refractivity contribution is 0.380. The Balaban J connectivity index is 2.08. The molecule has 2 rings (SSSR count). The zero-order valence-electron chi connectivity index (χ0n) is 11.1. The highest BCUT2D eigenvalue weighted by molar-refractivity contribution is 7.87. The van der Waals surface area contributed by atoms with Gasteiger partial charge in [-0.05, 0) is 30.7 Å². The summed E-state index contributed by atoms with van der Waals surface area (Å²) < 4.78 is 27.2. The Morgan fingerprint density at radius 2 is 1.84 bits per heavy atom. The maximum atomic E-state index is 11.7. The van der Waals surface area contributed by atoms with Gasteiger partial charge in [0.15, 0.2) is 0 Å². The molecular weight excluding hydrogens is 286 g/mol. The van der Waals surface area contributed by atoms with E-state index in [-0.39, 0.29) is 0 Å². The third kappa shape index (κ3) is 3.20. The van der Waals surface area contributed by atoms with Gasteiger partial charge in [0.05, 0.1) is 0 Å². The van der Waals surface area contributed by atoms with Crippen LogP contribution in [-0.2, 0) is 10.2 Å². The summed E-state index contributed by atoms with van der Waals surface area (Å²) in [5, 5.41) is 0.720. The molecule has 19 heavy (non-hydrogen) atoms. The molecule has 1 aliphatic heterocycles. The average Bonchev–Trinajstić information content (AvgIpc) is 2.39. The molecule has 0 aliphatic carbocycles. The van der Waals surface area contributed by atoms with Crippen molar-refractivity contribution in [3.63, 3.8) is 0 Å². The molecular formula is C12H18ClN3O2S. The van der Waals surface area contributed by atoms with E-state index in [0.29, 0.717) is 26.2 Å². The number of anilines is 1. The summed E-state index contributed by atoms with van der Waals surface area (Å²) in [7, 11) is -1.87. The summed E-state index contributed by atoms with van der Waals surface area (Å²) in [6.07, 6.45) is 0. The summed E-state index contributed by atoms with van der Waals surface area (Å²) in [6, 6.07) is 5.77. The number of rotatable bonds is 3. The molecule has 1 saturated heterocycles. The van der Waals surface area contributed by atoms with E-state index in [1.807, 2.05) is 25.1 Å². The number of piperazine rings is 1. The average molecular weight is 304 g/mol. The number of hydrogen-bond donors (Lipinski definition) is 1. The van der Waals surface area contributed by atoms with E-state index >= 15 is 0 Å². The SMILES string of the molecule is CNS(=O)(=O)N1CCN(c2ccc(Cl)cc2C)CC1. The molecule has 0 atom stereocenters. The fourth-order valence-electron chi connectivity index (χ4n) is 2.27. The molecule has 0 radical (unpaired) electrons. The van der Waals surface area contributed by atoms with Gasteiger partial charge in [-0.15, -0.1) is 0 Å². The quantitative estimate of drug-likeness (QED) is 0.914. The number of aryl methyl sites for hydroxylation is 1. The summed E-state index contributed by atoms with van der Waals surface area (Å²) in [4.78, 5) is 2.19. The molecule has 5 nitrogen and oxygen atoms in total. The first kappa shape index (κ1) is 14.6. The van der Waals surface area contributed by atoms with Crippen LogP contribution in [0, 0.1) is 6.92 Å². The van der Waals surface area contributed by atoms with Gasteiger partial charge in [-0.25, -0.2) is 4.72 Å². The summed E-state index contributed by atoms with van der Waals surface area (Å²) in [5.74, 6) is 0. The van der Waals surface area contributed by atoms with Gasteiger partial charge in [0, 0.05) is 43.9 Å². The van der Waals surface area contributed by atoms with Crippen molar-refractivity contribution in [2.24, 2.45) is 0 Å². The van der Waals surface area contributed by atoms with Crippen LogP contribution in [0.3, 0.4) is 0 Å². The van der Waals surface area contributed by atoms with Gasteiger partial charge in [0.25, 0.3) is 10.2 Å². The minimum Gasteiger partial charge on any atom is -0.369 e. The van der Waals surface area contributed by atoms with Crippen LogP contribution < -0.4 is 9.62 Å². The van der Waals surface area contributed by atoms with E-state index in [0.717, 1.165) is 16.3 Å². The predicted octanol–water partition coefficient (Wildman–Crippen LogP) is 1.23. The first-order valence-corrected chi connectivity index (χ1v) is 7.95. The Hall–Kier alpha value is -0.820. The maximum Gasteiger partial charge on any atom is 0.279 e. The Morgan fingerprint density at radius 1 is 1.21 bits per heavy atom. The number of benzene rings is 1. The highest BCUT2D eigenvalue weighted by atomic mass is 35.5. The van der Waals surface area contributed by atoms with Gasteiger partial charge in [0.1, 0.15) is 0 Å². The zero-order chi connectivity index (χ0) is 14.0. The van der Waals surface area contributed by atoms with E-state index in [1.165, 1.54) is 11.4 Å². The highest BCUT2D eigenvalue weighted by Gasteiger charge is 2.26. The van der Waals surface area contributed by atoms with Crippen LogP contribution in [0.4, 0.5) is 5.69 Å². The second-order valence-corrected chi connectivity index (χ2v) is 6.84. The van der Waals surface area contributed by atoms with Gasteiger partial charge in [-0.1, -0.05) is 11.6 Å². The molecule has 7 heteroatoms. The topological polar surface area (TPSA) is 52.7 Å². The van der Waals surface area contributed by atoms with E-state index in [1.54, 1.807) is 0 Å². The first-order chi connectivity index (χ1) is 8.94. The predicted molar refractivity (Wildman–Crippen MR) is 78.0 cm³/mol. The summed E-state index contributed by atoms with van der Waals surface area (Å²) in [5.41, 5.74) is 2.23. The Morgan fingerprint density at radius 3 is 2.37 bits per heavy atom. The molecule has 0 unspecified atom stereocenters. The molecule has 1 aromatic rings. The van der Waals surface area contributed by atoms with Crippen molar-refractivity contribution >= 4 is 27.5 Å². The van der Waals surface area contributed by atoms with Crippen LogP contribution in [0.2, 0.25) is 5.02 Å². The lowest BCUT2D eigenvalue weighted by atomic mass is 10.1. The van der Waals surface area contributed by atoms with E-state index in [2.05, 4.69) is 9.62 Å². The number of nitrogens with zero attached hydrogens (tertiary/aromatic N) is 2. The number of halogens is 1. The Bertz CT molecular complexity index is 554. The zero-order valence-corrected chi connectivity index (χ0v) is 12.6. The number of nitrogens with one attached hydrogen (secondary N) is 1. The molecule has 0 bridgehead atoms. The first-order valence-electron chi connectivity index (χ1n) is 6.14. The van der Waals surface area contributed by atoms with Crippen molar-refractivity contribution < 1.29 is 8.42 Å². The van der Waals surface area contributed by atoms with Crippen LogP contribution in [0.15, 0.2) is 18.2 Å². The summed E-state index contributed by atoms with van der Waals surface area (Å²) in [6.45, 7) is 4.36. The van der Waals surface area contributed by atoms with Crippen LogP contribution in [-0.4, -0.2) is 45.9 Å². The maximum absolute atomic E-state index is 11.7. The van der Waals surface area contributed by atoms with Gasteiger partial charge < -0.3 is 4.90 Å². The molecule has 0 amide bonds. The lowest BCUT2D eigenvalue weighted by Gasteiger charge is -2.35. The van der Waals surface area contributed by atoms with E-state index in [4.69, 9.17) is 11.6 Å². The van der Waals surface area contributed by atoms with Crippen molar-refractivity contribution in [2.45, 2.75) is 6.92 Å². The highest BCUT2D eigenvalue weighted by Crippen LogP contribution is 2.24. The standard InChI is InChI=1S/C12H18ClN3O2S/c1-10-9-11(13)3-4-12(10)15-5-7-16(8-6-15)19(17,18)14-2/h3-4,9,14H,5-8H2,1-2H3. The minimum atomic E-state index is -3.31. The Kier molecular flexibility index (Phi) is 4.35. The van der Waals surface area contributed by atoms with Crippen LogP contribution in [0.1, 0.15) is 5.56 Å².